The zero-order chi connectivity index (χ0) is 19.1. The molecule has 1 amide bonds. The van der Waals surface area contributed by atoms with Gasteiger partial charge in [0.15, 0.2) is 18.1 Å². The molecule has 142 valence electrons. The second kappa shape index (κ2) is 9.04. The highest BCUT2D eigenvalue weighted by Crippen LogP contribution is 2.14. The number of carbonyl (C=O) groups is 2. The quantitative estimate of drug-likeness (QED) is 0.567. The maximum absolute atomic E-state index is 12.6. The van der Waals surface area contributed by atoms with Crippen LogP contribution in [0.5, 0.6) is 0 Å². The zero-order valence-electron chi connectivity index (χ0n) is 15.0. The molecule has 1 aliphatic rings. The summed E-state index contributed by atoms with van der Waals surface area (Å²) in [6.45, 7) is 2.41. The molecule has 27 heavy (non-hydrogen) atoms. The maximum atomic E-state index is 12.6. The Balaban J connectivity index is 1.64. The molecular formula is C18H21N5O4. The van der Waals surface area contributed by atoms with E-state index in [-0.39, 0.29) is 17.7 Å². The Morgan fingerprint density at radius 3 is 2.85 bits per heavy atom. The van der Waals surface area contributed by atoms with E-state index in [1.54, 1.807) is 13.0 Å². The molecule has 0 radical (unpaired) electrons. The Labute approximate surface area is 156 Å². The SMILES string of the molecule is Cc1nnnn1/C(=C\c1ccccc1)C(=O)OCC(=O)NCC1CCCO1. The van der Waals surface area contributed by atoms with Crippen LogP contribution in [0.15, 0.2) is 30.3 Å². The summed E-state index contributed by atoms with van der Waals surface area (Å²) in [6.07, 6.45) is 3.55. The van der Waals surface area contributed by atoms with Gasteiger partial charge in [-0.1, -0.05) is 30.3 Å². The van der Waals surface area contributed by atoms with E-state index in [0.717, 1.165) is 18.4 Å². The molecule has 1 unspecified atom stereocenters. The molecule has 2 heterocycles. The van der Waals surface area contributed by atoms with Crippen LogP contribution in [0.25, 0.3) is 11.8 Å². The highest BCUT2D eigenvalue weighted by Gasteiger charge is 2.20. The summed E-state index contributed by atoms with van der Waals surface area (Å²) >= 11 is 0. The third-order valence-corrected chi connectivity index (χ3v) is 4.05. The molecule has 2 aromatic rings. The molecule has 1 aromatic heterocycles. The summed E-state index contributed by atoms with van der Waals surface area (Å²) < 4.78 is 11.9. The van der Waals surface area contributed by atoms with Crippen LogP contribution in [0, 0.1) is 6.92 Å². The molecule has 9 nitrogen and oxygen atoms in total. The van der Waals surface area contributed by atoms with Gasteiger partial charge in [-0.3, -0.25) is 4.79 Å². The van der Waals surface area contributed by atoms with Gasteiger partial charge >= 0.3 is 5.97 Å². The smallest absolute Gasteiger partial charge is 0.357 e. The number of aryl methyl sites for hydroxylation is 1. The highest BCUT2D eigenvalue weighted by atomic mass is 16.5. The second-order valence-electron chi connectivity index (χ2n) is 6.09. The van der Waals surface area contributed by atoms with Gasteiger partial charge in [0.05, 0.1) is 6.10 Å². The second-order valence-corrected chi connectivity index (χ2v) is 6.09. The number of hydrogen-bond donors (Lipinski definition) is 1. The normalized spacial score (nSPS) is 16.9. The maximum Gasteiger partial charge on any atom is 0.357 e. The van der Waals surface area contributed by atoms with Crippen molar-refractivity contribution in [3.63, 3.8) is 0 Å². The number of benzene rings is 1. The first-order valence-electron chi connectivity index (χ1n) is 8.71. The largest absolute Gasteiger partial charge is 0.451 e. The minimum absolute atomic E-state index is 0.0297. The number of hydrogen-bond acceptors (Lipinski definition) is 7. The monoisotopic (exact) mass is 371 g/mol. The Hall–Kier alpha value is -3.07. The van der Waals surface area contributed by atoms with E-state index in [4.69, 9.17) is 9.47 Å². The average Bonchev–Trinajstić information content (AvgIpc) is 3.35. The van der Waals surface area contributed by atoms with Crippen LogP contribution in [0.4, 0.5) is 0 Å². The number of nitrogens with zero attached hydrogens (tertiary/aromatic N) is 4. The Bertz CT molecular complexity index is 812. The predicted octanol–water partition coefficient (Wildman–Crippen LogP) is 0.818. The molecule has 1 atom stereocenters. The number of nitrogens with one attached hydrogen (secondary N) is 1. The molecular weight excluding hydrogens is 350 g/mol. The number of tetrazole rings is 1. The van der Waals surface area contributed by atoms with Crippen LogP contribution in [-0.4, -0.2) is 57.9 Å². The molecule has 0 aliphatic carbocycles. The van der Waals surface area contributed by atoms with Gasteiger partial charge in [0.1, 0.15) is 0 Å². The van der Waals surface area contributed by atoms with Crippen molar-refractivity contribution in [3.05, 3.63) is 41.7 Å². The molecule has 0 saturated carbocycles. The molecule has 0 spiro atoms. The first-order chi connectivity index (χ1) is 13.1. The van der Waals surface area contributed by atoms with E-state index >= 15 is 0 Å². The van der Waals surface area contributed by atoms with Gasteiger partial charge in [0.2, 0.25) is 0 Å². The van der Waals surface area contributed by atoms with Crippen molar-refractivity contribution in [1.29, 1.82) is 0 Å². The van der Waals surface area contributed by atoms with Crippen LogP contribution >= 0.6 is 0 Å². The standard InChI is InChI=1S/C18H21N5O4/c1-13-20-21-22-23(13)16(10-14-6-3-2-4-7-14)18(25)27-12-17(24)19-11-15-8-5-9-26-15/h2-4,6-7,10,15H,5,8-9,11-12H2,1H3,(H,19,24)/b16-10-. The van der Waals surface area contributed by atoms with Crippen molar-refractivity contribution in [2.75, 3.05) is 19.8 Å². The fourth-order valence-electron chi connectivity index (χ4n) is 2.66. The lowest BCUT2D eigenvalue weighted by Crippen LogP contribution is -2.35. The summed E-state index contributed by atoms with van der Waals surface area (Å²) in [4.78, 5) is 24.5. The van der Waals surface area contributed by atoms with Gasteiger partial charge in [-0.2, -0.15) is 4.68 Å². The van der Waals surface area contributed by atoms with Gasteiger partial charge in [-0.05, 0) is 41.8 Å². The summed E-state index contributed by atoms with van der Waals surface area (Å²) in [7, 11) is 0. The topological polar surface area (TPSA) is 108 Å². The van der Waals surface area contributed by atoms with Crippen molar-refractivity contribution in [2.24, 2.45) is 0 Å². The fraction of sp³-hybridized carbons (Fsp3) is 0.389. The summed E-state index contributed by atoms with van der Waals surface area (Å²) in [5, 5.41) is 13.9. The highest BCUT2D eigenvalue weighted by molar-refractivity contribution is 6.15. The Morgan fingerprint density at radius 1 is 1.37 bits per heavy atom. The molecule has 1 aliphatic heterocycles. The molecule has 9 heteroatoms. The van der Waals surface area contributed by atoms with Gasteiger partial charge in [-0.25, -0.2) is 4.79 Å². The first-order valence-corrected chi connectivity index (χ1v) is 8.71. The van der Waals surface area contributed by atoms with Crippen LogP contribution < -0.4 is 5.32 Å². The van der Waals surface area contributed by atoms with Crippen molar-refractivity contribution in [1.82, 2.24) is 25.5 Å². The summed E-state index contributed by atoms with van der Waals surface area (Å²) in [6, 6.07) is 9.23. The van der Waals surface area contributed by atoms with Crippen molar-refractivity contribution in [2.45, 2.75) is 25.9 Å². The van der Waals surface area contributed by atoms with Crippen LogP contribution in [0.3, 0.4) is 0 Å². The lowest BCUT2D eigenvalue weighted by Gasteiger charge is -2.12. The van der Waals surface area contributed by atoms with Crippen molar-refractivity contribution in [3.8, 4) is 0 Å². The van der Waals surface area contributed by atoms with E-state index < -0.39 is 12.6 Å². The molecule has 1 aromatic carbocycles. The molecule has 3 rings (SSSR count). The number of carbonyl (C=O) groups excluding carboxylic acids is 2. The van der Waals surface area contributed by atoms with E-state index in [1.165, 1.54) is 4.68 Å². The van der Waals surface area contributed by atoms with Gasteiger partial charge in [-0.15, -0.1) is 5.10 Å². The number of esters is 1. The molecule has 0 bridgehead atoms. The number of amides is 1. The summed E-state index contributed by atoms with van der Waals surface area (Å²) in [5.74, 6) is -0.648. The Morgan fingerprint density at radius 2 is 2.19 bits per heavy atom. The molecule has 1 saturated heterocycles. The number of ether oxygens (including phenoxy) is 2. The van der Waals surface area contributed by atoms with E-state index in [1.807, 2.05) is 30.3 Å². The van der Waals surface area contributed by atoms with Crippen molar-refractivity contribution < 1.29 is 19.1 Å². The first kappa shape index (κ1) is 18.7. The average molecular weight is 371 g/mol. The van der Waals surface area contributed by atoms with E-state index in [2.05, 4.69) is 20.8 Å². The fourth-order valence-corrected chi connectivity index (χ4v) is 2.66. The summed E-state index contributed by atoms with van der Waals surface area (Å²) in [5.41, 5.74) is 0.901. The predicted molar refractivity (Wildman–Crippen MR) is 96.1 cm³/mol. The zero-order valence-corrected chi connectivity index (χ0v) is 15.0. The van der Waals surface area contributed by atoms with E-state index in [9.17, 15) is 9.59 Å². The van der Waals surface area contributed by atoms with Crippen LogP contribution in [0.1, 0.15) is 24.2 Å². The molecule has 1 N–H and O–H groups in total. The van der Waals surface area contributed by atoms with Crippen molar-refractivity contribution >= 4 is 23.6 Å². The van der Waals surface area contributed by atoms with Gasteiger partial charge < -0.3 is 14.8 Å². The third kappa shape index (κ3) is 5.20. The minimum atomic E-state index is -0.693. The minimum Gasteiger partial charge on any atom is -0.451 e. The van der Waals surface area contributed by atoms with Crippen LogP contribution in [0.2, 0.25) is 0 Å². The third-order valence-electron chi connectivity index (χ3n) is 4.05. The van der Waals surface area contributed by atoms with Crippen LogP contribution in [-0.2, 0) is 19.1 Å². The number of aromatic nitrogens is 4. The Kier molecular flexibility index (Phi) is 6.26. The van der Waals surface area contributed by atoms with E-state index in [0.29, 0.717) is 19.0 Å². The molecule has 1 fully saturated rings. The van der Waals surface area contributed by atoms with Gasteiger partial charge in [0.25, 0.3) is 5.91 Å². The lowest BCUT2D eigenvalue weighted by molar-refractivity contribution is -0.143. The lowest BCUT2D eigenvalue weighted by atomic mass is 10.2. The number of rotatable bonds is 7. The van der Waals surface area contributed by atoms with Gasteiger partial charge in [0, 0.05) is 13.2 Å².